The van der Waals surface area contributed by atoms with Gasteiger partial charge in [0.25, 0.3) is 0 Å². The second-order valence-electron chi connectivity index (χ2n) is 11.8. The van der Waals surface area contributed by atoms with Gasteiger partial charge >= 0.3 is 0 Å². The summed E-state index contributed by atoms with van der Waals surface area (Å²) in [7, 11) is 8.02. The number of allylic oxidation sites excluding steroid dienone is 8. The van der Waals surface area contributed by atoms with Crippen LogP contribution in [0.15, 0.2) is 120 Å². The van der Waals surface area contributed by atoms with Crippen LogP contribution in [0, 0.1) is 11.2 Å². The highest BCUT2D eigenvalue weighted by molar-refractivity contribution is 6.15. The third kappa shape index (κ3) is 9.60. The van der Waals surface area contributed by atoms with Gasteiger partial charge in [-0.1, -0.05) is 31.9 Å². The molecule has 3 aromatic rings. The molecule has 8 heteroatoms. The van der Waals surface area contributed by atoms with Crippen LogP contribution >= 0.6 is 0 Å². The Labute approximate surface area is 273 Å². The van der Waals surface area contributed by atoms with Crippen molar-refractivity contribution in [3.63, 3.8) is 0 Å². The van der Waals surface area contributed by atoms with Gasteiger partial charge in [0.2, 0.25) is 0 Å². The van der Waals surface area contributed by atoms with Gasteiger partial charge in [-0.05, 0) is 127 Å². The average Bonchev–Trinajstić information content (AvgIpc) is 3.45. The van der Waals surface area contributed by atoms with Crippen molar-refractivity contribution in [2.24, 2.45) is 5.73 Å². The van der Waals surface area contributed by atoms with E-state index in [1.54, 1.807) is 24.4 Å². The Morgan fingerprint density at radius 3 is 2.43 bits per heavy atom. The van der Waals surface area contributed by atoms with E-state index in [1.165, 1.54) is 6.07 Å². The van der Waals surface area contributed by atoms with E-state index < -0.39 is 0 Å². The van der Waals surface area contributed by atoms with Gasteiger partial charge in [-0.25, -0.2) is 4.39 Å². The number of halogens is 1. The number of likely N-dealkylation sites (N-methyl/N-ethyl adjacent to an activating group) is 1. The zero-order chi connectivity index (χ0) is 34.0. The fraction of sp³-hybridized carbons (Fsp3) is 0.263. The molecule has 2 aromatic heterocycles. The third-order valence-electron chi connectivity index (χ3n) is 7.37. The molecular weight excluding hydrogens is 573 g/mol. The van der Waals surface area contributed by atoms with E-state index in [0.717, 1.165) is 52.8 Å². The molecule has 0 radical (unpaired) electrons. The Balaban J connectivity index is 1.99. The van der Waals surface area contributed by atoms with E-state index >= 15 is 0 Å². The van der Waals surface area contributed by atoms with Crippen molar-refractivity contribution < 1.29 is 4.39 Å². The van der Waals surface area contributed by atoms with E-state index in [9.17, 15) is 9.80 Å². The molecule has 7 nitrogen and oxygen atoms in total. The summed E-state index contributed by atoms with van der Waals surface area (Å²) in [5, 5.41) is 13.3. The lowest BCUT2D eigenvalue weighted by molar-refractivity contribution is 0.400. The Bertz CT molecular complexity index is 1730. The van der Waals surface area contributed by atoms with Crippen molar-refractivity contribution in [2.75, 3.05) is 41.3 Å². The second-order valence-corrected chi connectivity index (χ2v) is 11.8. The molecule has 0 aliphatic carbocycles. The Morgan fingerprint density at radius 1 is 1.07 bits per heavy atom. The highest BCUT2D eigenvalue weighted by atomic mass is 19.1. The number of H-pyrrole nitrogens is 1. The van der Waals surface area contributed by atoms with Crippen LogP contribution in [0.4, 0.5) is 4.39 Å². The maximum absolute atomic E-state index is 14.8. The molecular formula is C38H48FN7. The average molecular weight is 622 g/mol. The first-order valence-corrected chi connectivity index (χ1v) is 15.3. The zero-order valence-electron chi connectivity index (χ0n) is 28.1. The zero-order valence-corrected chi connectivity index (χ0v) is 28.1. The van der Waals surface area contributed by atoms with Gasteiger partial charge in [-0.15, -0.1) is 0 Å². The number of pyridine rings is 1. The number of nitrogens with zero attached hydrogens (tertiary/aromatic N) is 3. The fourth-order valence-corrected chi connectivity index (χ4v) is 5.11. The van der Waals surface area contributed by atoms with E-state index in [-0.39, 0.29) is 11.5 Å². The number of hydrogen-bond donors (Lipinski definition) is 4. The number of nitrogens with one attached hydrogen (secondary N) is 3. The SMILES string of the molecule is C=C/C(=C\C(=C/C)C(=C)/C=C(C(=N)c1cc2c(-c3cc(F)cc(CCCN(C)C)c3)nccc2[nH]1)\C(N)=C/C)NC(=C)CN(C)C. The number of rotatable bonds is 16. The summed E-state index contributed by atoms with van der Waals surface area (Å²) in [4.78, 5) is 12.1. The lowest BCUT2D eigenvalue weighted by Crippen LogP contribution is -2.23. The lowest BCUT2D eigenvalue weighted by atomic mass is 9.97. The summed E-state index contributed by atoms with van der Waals surface area (Å²) in [5.74, 6) is -0.296. The van der Waals surface area contributed by atoms with Crippen LogP contribution < -0.4 is 11.1 Å². The summed E-state index contributed by atoms with van der Waals surface area (Å²) in [6, 6.07) is 8.83. The monoisotopic (exact) mass is 621 g/mol. The molecule has 0 atom stereocenters. The number of benzene rings is 1. The van der Waals surface area contributed by atoms with Gasteiger partial charge in [0.1, 0.15) is 5.82 Å². The first kappa shape index (κ1) is 35.7. The van der Waals surface area contributed by atoms with Gasteiger partial charge in [0.15, 0.2) is 0 Å². The Hall–Kier alpha value is -4.79. The summed E-state index contributed by atoms with van der Waals surface area (Å²) < 4.78 is 14.8. The summed E-state index contributed by atoms with van der Waals surface area (Å²) >= 11 is 0. The molecule has 242 valence electrons. The molecule has 0 aliphatic heterocycles. The van der Waals surface area contributed by atoms with E-state index in [1.807, 2.05) is 83.4 Å². The first-order valence-electron chi connectivity index (χ1n) is 15.3. The Morgan fingerprint density at radius 2 is 1.80 bits per heavy atom. The first-order chi connectivity index (χ1) is 21.9. The van der Waals surface area contributed by atoms with Gasteiger partial charge in [-0.3, -0.25) is 10.4 Å². The number of aromatic amines is 1. The summed E-state index contributed by atoms with van der Waals surface area (Å²) in [6.07, 6.45) is 12.6. The number of hydrogen-bond acceptors (Lipinski definition) is 6. The largest absolute Gasteiger partial charge is 0.398 e. The molecule has 0 fully saturated rings. The molecule has 0 saturated carbocycles. The van der Waals surface area contributed by atoms with E-state index in [0.29, 0.717) is 40.3 Å². The standard InChI is InChI=1S/C38H48FN7/c1-10-28(22-31(11-2)43-26(5)24-46(8)9)25(4)18-32(34(40)12-3)37(41)36-23-33-35(44-36)15-16-42-38(33)29-19-27(20-30(39)21-29)14-13-17-45(6)7/h10-12,15-16,18-23,41,43-44H,2,4-5,13-14,17,24,40H2,1,3,6-9H3/b28-10+,31-22+,32-18+,34-12+,41-37?. The van der Waals surface area contributed by atoms with Crippen LogP contribution in [0.25, 0.3) is 22.2 Å². The number of aromatic nitrogens is 2. The molecule has 0 saturated heterocycles. The normalized spacial score (nSPS) is 13.1. The lowest BCUT2D eigenvalue weighted by Gasteiger charge is -2.16. The molecule has 1 aromatic carbocycles. The quantitative estimate of drug-likeness (QED) is 0.0998. The second kappa shape index (κ2) is 16.5. The minimum absolute atomic E-state index is 0.198. The maximum Gasteiger partial charge on any atom is 0.124 e. The number of aryl methyl sites for hydroxylation is 1. The fourth-order valence-electron chi connectivity index (χ4n) is 5.11. The van der Waals surface area contributed by atoms with Crippen LogP contribution in [-0.4, -0.2) is 66.8 Å². The van der Waals surface area contributed by atoms with E-state index in [2.05, 4.69) is 39.9 Å². The molecule has 0 aliphatic rings. The van der Waals surface area contributed by atoms with Crippen molar-refractivity contribution in [1.29, 1.82) is 5.41 Å². The molecule has 46 heavy (non-hydrogen) atoms. The van der Waals surface area contributed by atoms with Crippen molar-refractivity contribution in [2.45, 2.75) is 26.7 Å². The molecule has 0 bridgehead atoms. The minimum atomic E-state index is -0.296. The number of nitrogens with two attached hydrogens (primary N) is 1. The highest BCUT2D eigenvalue weighted by Gasteiger charge is 2.17. The minimum Gasteiger partial charge on any atom is -0.398 e. The van der Waals surface area contributed by atoms with Crippen LogP contribution in [0.5, 0.6) is 0 Å². The van der Waals surface area contributed by atoms with Crippen molar-refractivity contribution >= 4 is 16.6 Å². The molecule has 5 N–H and O–H groups in total. The van der Waals surface area contributed by atoms with Crippen LogP contribution in [-0.2, 0) is 6.42 Å². The maximum atomic E-state index is 14.8. The molecule has 3 rings (SSSR count). The Kier molecular flexibility index (Phi) is 12.8. The number of fused-ring (bicyclic) bond motifs is 1. The molecule has 2 heterocycles. The predicted molar refractivity (Wildman–Crippen MR) is 193 cm³/mol. The molecule has 0 amide bonds. The molecule has 0 unspecified atom stereocenters. The van der Waals surface area contributed by atoms with Gasteiger partial charge in [0, 0.05) is 51.9 Å². The van der Waals surface area contributed by atoms with Crippen LogP contribution in [0.1, 0.15) is 31.5 Å². The van der Waals surface area contributed by atoms with Crippen molar-refractivity contribution in [3.05, 3.63) is 138 Å². The van der Waals surface area contributed by atoms with E-state index in [4.69, 9.17) is 5.73 Å². The van der Waals surface area contributed by atoms with Crippen molar-refractivity contribution in [3.8, 4) is 11.3 Å². The highest BCUT2D eigenvalue weighted by Crippen LogP contribution is 2.30. The van der Waals surface area contributed by atoms with Crippen LogP contribution in [0.3, 0.4) is 0 Å². The van der Waals surface area contributed by atoms with Crippen LogP contribution in [0.2, 0.25) is 0 Å². The summed E-state index contributed by atoms with van der Waals surface area (Å²) in [6.45, 7) is 17.7. The predicted octanol–water partition coefficient (Wildman–Crippen LogP) is 7.26. The van der Waals surface area contributed by atoms with Gasteiger partial charge in [-0.2, -0.15) is 0 Å². The molecule has 0 spiro atoms. The topological polar surface area (TPSA) is 97.1 Å². The third-order valence-corrected chi connectivity index (χ3v) is 7.37. The smallest absolute Gasteiger partial charge is 0.124 e. The summed E-state index contributed by atoms with van der Waals surface area (Å²) in [5.41, 5.74) is 14.3. The van der Waals surface area contributed by atoms with Gasteiger partial charge < -0.3 is 25.8 Å². The van der Waals surface area contributed by atoms with Crippen molar-refractivity contribution in [1.82, 2.24) is 25.1 Å². The van der Waals surface area contributed by atoms with Gasteiger partial charge in [0.05, 0.1) is 17.1 Å².